The quantitative estimate of drug-likeness (QED) is 0.790. The Morgan fingerprint density at radius 1 is 1.28 bits per heavy atom. The van der Waals surface area contributed by atoms with Crippen molar-refractivity contribution >= 4 is 32.7 Å². The molecular formula is C17H20N2O4S2. The third kappa shape index (κ3) is 3.61. The number of nitrogens with zero attached hydrogens (tertiary/aromatic N) is 2. The maximum absolute atomic E-state index is 12.4. The monoisotopic (exact) mass is 380 g/mol. The summed E-state index contributed by atoms with van der Waals surface area (Å²) in [6.45, 7) is 1.16. The standard InChI is InChI=1S/C17H20N2O4S2/c20-16(14-7-4-8-23-14)18-17-19(9-12-5-2-1-3-6-12)13-10-25(21,22)11-15(13)24-17/h1-3,5-6,13-15H,4,7-11H2. The molecule has 1 aromatic rings. The number of amides is 1. The van der Waals surface area contributed by atoms with Crippen molar-refractivity contribution in [1.29, 1.82) is 0 Å². The van der Waals surface area contributed by atoms with E-state index in [2.05, 4.69) is 4.99 Å². The van der Waals surface area contributed by atoms with Crippen molar-refractivity contribution < 1.29 is 17.9 Å². The molecule has 0 radical (unpaired) electrons. The van der Waals surface area contributed by atoms with E-state index >= 15 is 0 Å². The predicted octanol–water partition coefficient (Wildman–Crippen LogP) is 1.46. The van der Waals surface area contributed by atoms with E-state index in [1.54, 1.807) is 0 Å². The summed E-state index contributed by atoms with van der Waals surface area (Å²) < 4.78 is 29.5. The van der Waals surface area contributed by atoms with Gasteiger partial charge in [0.25, 0.3) is 5.91 Å². The van der Waals surface area contributed by atoms with Crippen LogP contribution < -0.4 is 0 Å². The first kappa shape index (κ1) is 17.1. The number of rotatable bonds is 3. The van der Waals surface area contributed by atoms with Crippen LogP contribution in [0, 0.1) is 0 Å². The first-order valence-electron chi connectivity index (χ1n) is 8.44. The third-order valence-corrected chi connectivity index (χ3v) is 8.03. The molecule has 0 aromatic heterocycles. The minimum atomic E-state index is -3.03. The van der Waals surface area contributed by atoms with Crippen LogP contribution in [0.2, 0.25) is 0 Å². The first-order valence-corrected chi connectivity index (χ1v) is 11.1. The van der Waals surface area contributed by atoms with Gasteiger partial charge in [-0.05, 0) is 18.4 Å². The first-order chi connectivity index (χ1) is 12.0. The predicted molar refractivity (Wildman–Crippen MR) is 97.2 cm³/mol. The summed E-state index contributed by atoms with van der Waals surface area (Å²) in [5.41, 5.74) is 1.07. The molecule has 0 N–H and O–H groups in total. The molecule has 8 heteroatoms. The van der Waals surface area contributed by atoms with Crippen LogP contribution in [0.1, 0.15) is 18.4 Å². The van der Waals surface area contributed by atoms with Gasteiger partial charge in [-0.25, -0.2) is 8.42 Å². The molecule has 3 atom stereocenters. The third-order valence-electron chi connectivity index (χ3n) is 4.78. The van der Waals surface area contributed by atoms with Crippen molar-refractivity contribution in [1.82, 2.24) is 4.90 Å². The molecule has 0 bridgehead atoms. The summed E-state index contributed by atoms with van der Waals surface area (Å²) in [6, 6.07) is 9.74. The zero-order valence-corrected chi connectivity index (χ0v) is 15.3. The largest absolute Gasteiger partial charge is 0.368 e. The molecular weight excluding hydrogens is 360 g/mol. The average Bonchev–Trinajstić information content (AvgIpc) is 3.26. The number of aliphatic imine (C=N–C) groups is 1. The Morgan fingerprint density at radius 3 is 2.80 bits per heavy atom. The minimum absolute atomic E-state index is 0.0511. The maximum Gasteiger partial charge on any atom is 0.277 e. The van der Waals surface area contributed by atoms with Crippen molar-refractivity contribution in [2.75, 3.05) is 18.1 Å². The van der Waals surface area contributed by atoms with Gasteiger partial charge in [-0.1, -0.05) is 42.1 Å². The number of sulfone groups is 1. The van der Waals surface area contributed by atoms with Gasteiger partial charge in [0, 0.05) is 18.4 Å². The maximum atomic E-state index is 12.4. The Labute approximate surface area is 151 Å². The normalized spacial score (nSPS) is 32.2. The molecule has 1 aromatic carbocycles. The zero-order chi connectivity index (χ0) is 17.4. The highest BCUT2D eigenvalue weighted by molar-refractivity contribution is 8.15. The Kier molecular flexibility index (Phi) is 4.59. The van der Waals surface area contributed by atoms with Gasteiger partial charge in [0.1, 0.15) is 6.10 Å². The van der Waals surface area contributed by atoms with E-state index in [0.717, 1.165) is 12.0 Å². The SMILES string of the molecule is O=C(N=C1SC2CS(=O)(=O)CC2N1Cc1ccccc1)C1CCCO1. The molecule has 0 saturated carbocycles. The Bertz CT molecular complexity index is 788. The van der Waals surface area contributed by atoms with E-state index in [0.29, 0.717) is 24.7 Å². The van der Waals surface area contributed by atoms with Crippen LogP contribution in [0.3, 0.4) is 0 Å². The molecule has 25 heavy (non-hydrogen) atoms. The molecule has 3 heterocycles. The molecule has 3 saturated heterocycles. The smallest absolute Gasteiger partial charge is 0.277 e. The molecule has 3 unspecified atom stereocenters. The van der Waals surface area contributed by atoms with E-state index in [1.165, 1.54) is 11.8 Å². The number of benzene rings is 1. The molecule has 134 valence electrons. The number of amidine groups is 1. The second-order valence-corrected chi connectivity index (χ2v) is 10.0. The molecule has 0 aliphatic carbocycles. The lowest BCUT2D eigenvalue weighted by Gasteiger charge is -2.24. The van der Waals surface area contributed by atoms with E-state index in [9.17, 15) is 13.2 Å². The Hall–Kier alpha value is -1.38. The van der Waals surface area contributed by atoms with Gasteiger partial charge in [0.2, 0.25) is 0 Å². The summed E-state index contributed by atoms with van der Waals surface area (Å²) >= 11 is 1.42. The lowest BCUT2D eigenvalue weighted by Crippen LogP contribution is -2.37. The van der Waals surface area contributed by atoms with Crippen molar-refractivity contribution in [3.63, 3.8) is 0 Å². The number of carbonyl (C=O) groups excluding carboxylic acids is 1. The van der Waals surface area contributed by atoms with E-state index < -0.39 is 15.9 Å². The lowest BCUT2D eigenvalue weighted by atomic mass is 10.1. The molecule has 4 rings (SSSR count). The van der Waals surface area contributed by atoms with Gasteiger partial charge in [0.15, 0.2) is 15.0 Å². The van der Waals surface area contributed by atoms with Crippen molar-refractivity contribution in [3.05, 3.63) is 35.9 Å². The molecule has 3 aliphatic heterocycles. The molecule has 3 fully saturated rings. The van der Waals surface area contributed by atoms with E-state index in [1.807, 2.05) is 35.2 Å². The molecule has 1 amide bonds. The van der Waals surface area contributed by atoms with Gasteiger partial charge in [-0.2, -0.15) is 4.99 Å². The lowest BCUT2D eigenvalue weighted by molar-refractivity contribution is -0.126. The zero-order valence-electron chi connectivity index (χ0n) is 13.7. The number of ether oxygens (including phenoxy) is 1. The fourth-order valence-electron chi connectivity index (χ4n) is 3.54. The average molecular weight is 380 g/mol. The summed E-state index contributed by atoms with van der Waals surface area (Å²) in [5.74, 6) is 0.0340. The highest BCUT2D eigenvalue weighted by Gasteiger charge is 2.48. The van der Waals surface area contributed by atoms with Gasteiger partial charge in [-0.15, -0.1) is 0 Å². The topological polar surface area (TPSA) is 76.0 Å². The Balaban J connectivity index is 1.60. The summed E-state index contributed by atoms with van der Waals surface area (Å²) in [6.07, 6.45) is 1.14. The number of hydrogen-bond donors (Lipinski definition) is 0. The number of fused-ring (bicyclic) bond motifs is 1. The summed E-state index contributed by atoms with van der Waals surface area (Å²) in [4.78, 5) is 18.7. The van der Waals surface area contributed by atoms with Gasteiger partial charge in [-0.3, -0.25) is 4.79 Å². The molecule has 0 spiro atoms. The second-order valence-electron chi connectivity index (χ2n) is 6.65. The van der Waals surface area contributed by atoms with Gasteiger partial charge < -0.3 is 9.64 Å². The molecule has 6 nitrogen and oxygen atoms in total. The highest BCUT2D eigenvalue weighted by Crippen LogP contribution is 2.39. The Morgan fingerprint density at radius 2 is 2.08 bits per heavy atom. The highest BCUT2D eigenvalue weighted by atomic mass is 32.2. The fraction of sp³-hybridized carbons (Fsp3) is 0.529. The van der Waals surface area contributed by atoms with Crippen LogP contribution in [0.5, 0.6) is 0 Å². The van der Waals surface area contributed by atoms with Crippen molar-refractivity contribution in [2.24, 2.45) is 4.99 Å². The fourth-order valence-corrected chi connectivity index (χ4v) is 7.50. The van der Waals surface area contributed by atoms with Crippen LogP contribution in [0.15, 0.2) is 35.3 Å². The van der Waals surface area contributed by atoms with E-state index in [4.69, 9.17) is 4.74 Å². The summed E-state index contributed by atoms with van der Waals surface area (Å²) in [5, 5.41) is 0.582. The van der Waals surface area contributed by atoms with Crippen LogP contribution in [-0.4, -0.2) is 59.9 Å². The van der Waals surface area contributed by atoms with E-state index in [-0.39, 0.29) is 28.7 Å². The van der Waals surface area contributed by atoms with Crippen molar-refractivity contribution in [3.8, 4) is 0 Å². The molecule has 3 aliphatic rings. The van der Waals surface area contributed by atoms with Crippen molar-refractivity contribution in [2.45, 2.75) is 36.8 Å². The van der Waals surface area contributed by atoms with Gasteiger partial charge in [0.05, 0.1) is 17.5 Å². The van der Waals surface area contributed by atoms with Crippen LogP contribution >= 0.6 is 11.8 Å². The van der Waals surface area contributed by atoms with Crippen LogP contribution in [0.25, 0.3) is 0 Å². The van der Waals surface area contributed by atoms with Gasteiger partial charge >= 0.3 is 0 Å². The number of thioether (sulfide) groups is 1. The number of carbonyl (C=O) groups is 1. The van der Waals surface area contributed by atoms with Crippen LogP contribution in [-0.2, 0) is 25.9 Å². The van der Waals surface area contributed by atoms with Crippen LogP contribution in [0.4, 0.5) is 0 Å². The minimum Gasteiger partial charge on any atom is -0.368 e. The summed E-state index contributed by atoms with van der Waals surface area (Å²) in [7, 11) is -3.03. The second kappa shape index (κ2) is 6.74. The number of hydrogen-bond acceptors (Lipinski definition) is 5.